The highest BCUT2D eigenvalue weighted by molar-refractivity contribution is 7.90. The lowest BCUT2D eigenvalue weighted by Gasteiger charge is -2.32. The molecule has 2 N–H and O–H groups in total. The van der Waals surface area contributed by atoms with Crippen LogP contribution >= 0.6 is 0 Å². The average molecular weight is 428 g/mol. The van der Waals surface area contributed by atoms with Crippen molar-refractivity contribution in [1.29, 1.82) is 0 Å². The monoisotopic (exact) mass is 427 g/mol. The van der Waals surface area contributed by atoms with Gasteiger partial charge in [-0.3, -0.25) is 4.99 Å². The maximum Gasteiger partial charge on any atom is 0.511 e. The van der Waals surface area contributed by atoms with Gasteiger partial charge in [-0.15, -0.1) is 0 Å². The number of aliphatic imine (C=N–C) groups is 1. The molecule has 0 radical (unpaired) electrons. The summed E-state index contributed by atoms with van der Waals surface area (Å²) in [6, 6.07) is -0.0953. The Morgan fingerprint density at radius 3 is 2.32 bits per heavy atom. The molecular weight excluding hydrogens is 395 g/mol. The Balaban J connectivity index is 1.74. The Morgan fingerprint density at radius 1 is 1.11 bits per heavy atom. The molecule has 28 heavy (non-hydrogen) atoms. The van der Waals surface area contributed by atoms with Crippen LogP contribution in [0.15, 0.2) is 4.99 Å². The fourth-order valence-corrected chi connectivity index (χ4v) is 4.53. The fourth-order valence-electron chi connectivity index (χ4n) is 3.54. The number of hydrogen-bond donors (Lipinski definition) is 2. The molecule has 0 atom stereocenters. The molecule has 2 saturated heterocycles. The summed E-state index contributed by atoms with van der Waals surface area (Å²) in [5.74, 6) is 0.640. The zero-order chi connectivity index (χ0) is 20.6. The molecule has 0 aromatic rings. The van der Waals surface area contributed by atoms with Crippen molar-refractivity contribution in [1.82, 2.24) is 19.8 Å². The van der Waals surface area contributed by atoms with E-state index in [1.54, 1.807) is 0 Å². The van der Waals surface area contributed by atoms with Crippen molar-refractivity contribution >= 4 is 16.0 Å². The molecule has 2 rings (SSSR count). The number of alkyl halides is 3. The number of halogens is 3. The number of hydrogen-bond acceptors (Lipinski definition) is 4. The van der Waals surface area contributed by atoms with Crippen LogP contribution in [0.5, 0.6) is 0 Å². The number of piperidine rings is 1. The van der Waals surface area contributed by atoms with E-state index in [1.165, 1.54) is 25.9 Å². The van der Waals surface area contributed by atoms with Crippen molar-refractivity contribution in [3.05, 3.63) is 0 Å². The van der Waals surface area contributed by atoms with Gasteiger partial charge in [0, 0.05) is 32.2 Å². The summed E-state index contributed by atoms with van der Waals surface area (Å²) in [4.78, 5) is 7.01. The molecule has 0 saturated carbocycles. The van der Waals surface area contributed by atoms with Gasteiger partial charge < -0.3 is 15.5 Å². The number of sulfonamides is 1. The van der Waals surface area contributed by atoms with Crippen molar-refractivity contribution < 1.29 is 21.6 Å². The molecule has 0 unspecified atom stereocenters. The van der Waals surface area contributed by atoms with Gasteiger partial charge in [0.2, 0.25) is 0 Å². The van der Waals surface area contributed by atoms with Gasteiger partial charge in [0.15, 0.2) is 5.96 Å². The smallest absolute Gasteiger partial charge is 0.357 e. The summed E-state index contributed by atoms with van der Waals surface area (Å²) in [6.07, 6.45) is 5.28. The fraction of sp³-hybridized carbons (Fsp3) is 0.941. The summed E-state index contributed by atoms with van der Waals surface area (Å²) < 4.78 is 61.4. The van der Waals surface area contributed by atoms with Gasteiger partial charge in [-0.2, -0.15) is 17.5 Å². The minimum atomic E-state index is -5.24. The Hall–Kier alpha value is -1.07. The van der Waals surface area contributed by atoms with E-state index in [-0.39, 0.29) is 19.1 Å². The molecule has 2 aliphatic heterocycles. The zero-order valence-electron chi connectivity index (χ0n) is 16.5. The number of unbranched alkanes of at least 4 members (excludes halogenated alkanes) is 1. The van der Waals surface area contributed by atoms with Gasteiger partial charge >= 0.3 is 15.5 Å². The van der Waals surface area contributed by atoms with Crippen LogP contribution in [0.4, 0.5) is 13.2 Å². The first kappa shape index (κ1) is 23.2. The minimum absolute atomic E-state index is 0.0953. The second-order valence-electron chi connectivity index (χ2n) is 7.28. The molecule has 2 aliphatic rings. The lowest BCUT2D eigenvalue weighted by Crippen LogP contribution is -2.51. The number of guanidine groups is 1. The molecule has 0 amide bonds. The normalized spacial score (nSPS) is 21.2. The Bertz CT molecular complexity index is 598. The molecule has 0 spiro atoms. The van der Waals surface area contributed by atoms with Gasteiger partial charge in [0.25, 0.3) is 0 Å². The predicted molar refractivity (Wildman–Crippen MR) is 104 cm³/mol. The van der Waals surface area contributed by atoms with Crippen LogP contribution < -0.4 is 10.6 Å². The standard InChI is InChI=1S/C17H32F3N5O2S/c1-2-21-16(22-9-3-4-10-24-11-5-6-12-24)23-15-7-13-25(14-8-15)28(26,27)17(18,19)20/h15H,2-14H2,1H3,(H2,21,22,23). The second-order valence-corrected chi connectivity index (χ2v) is 9.21. The molecule has 11 heteroatoms. The van der Waals surface area contributed by atoms with Gasteiger partial charge in [-0.1, -0.05) is 0 Å². The molecule has 164 valence electrons. The molecule has 7 nitrogen and oxygen atoms in total. The third-order valence-corrected chi connectivity index (χ3v) is 6.75. The van der Waals surface area contributed by atoms with E-state index in [0.717, 1.165) is 19.4 Å². The van der Waals surface area contributed by atoms with Crippen molar-refractivity contribution in [3.8, 4) is 0 Å². The first-order valence-corrected chi connectivity index (χ1v) is 11.5. The first-order valence-electron chi connectivity index (χ1n) is 10.1. The highest BCUT2D eigenvalue weighted by atomic mass is 32.2. The van der Waals surface area contributed by atoms with E-state index >= 15 is 0 Å². The van der Waals surface area contributed by atoms with E-state index in [0.29, 0.717) is 36.2 Å². The summed E-state index contributed by atoms with van der Waals surface area (Å²) in [5, 5.41) is 6.37. The molecule has 0 aliphatic carbocycles. The van der Waals surface area contributed by atoms with Crippen molar-refractivity contribution in [2.45, 2.75) is 57.0 Å². The van der Waals surface area contributed by atoms with Gasteiger partial charge in [-0.05, 0) is 65.1 Å². The van der Waals surface area contributed by atoms with Crippen LogP contribution in [0, 0.1) is 0 Å². The topological polar surface area (TPSA) is 77.0 Å². The van der Waals surface area contributed by atoms with Gasteiger partial charge in [0.1, 0.15) is 0 Å². The van der Waals surface area contributed by atoms with Crippen molar-refractivity contribution in [2.75, 3.05) is 45.8 Å². The zero-order valence-corrected chi connectivity index (χ0v) is 17.3. The lowest BCUT2D eigenvalue weighted by molar-refractivity contribution is -0.0494. The Morgan fingerprint density at radius 2 is 1.75 bits per heavy atom. The van der Waals surface area contributed by atoms with E-state index in [1.807, 2.05) is 6.92 Å². The largest absolute Gasteiger partial charge is 0.511 e. The van der Waals surface area contributed by atoms with Gasteiger partial charge in [-0.25, -0.2) is 8.42 Å². The van der Waals surface area contributed by atoms with E-state index in [4.69, 9.17) is 0 Å². The molecule has 0 aromatic heterocycles. The van der Waals surface area contributed by atoms with Crippen LogP contribution in [0.3, 0.4) is 0 Å². The third-order valence-electron chi connectivity index (χ3n) is 5.12. The van der Waals surface area contributed by atoms with Crippen LogP contribution in [-0.2, 0) is 10.0 Å². The highest BCUT2D eigenvalue weighted by Crippen LogP contribution is 2.28. The van der Waals surface area contributed by atoms with Crippen molar-refractivity contribution in [3.63, 3.8) is 0 Å². The molecular formula is C17H32F3N5O2S. The molecule has 2 fully saturated rings. The molecule has 2 heterocycles. The van der Waals surface area contributed by atoms with Crippen LogP contribution in [-0.4, -0.2) is 80.9 Å². The highest BCUT2D eigenvalue weighted by Gasteiger charge is 2.50. The summed E-state index contributed by atoms with van der Waals surface area (Å²) in [5.41, 5.74) is -5.24. The quantitative estimate of drug-likeness (QED) is 0.351. The summed E-state index contributed by atoms with van der Waals surface area (Å²) in [6.45, 7) is 6.51. The van der Waals surface area contributed by atoms with Crippen LogP contribution in [0.25, 0.3) is 0 Å². The minimum Gasteiger partial charge on any atom is -0.357 e. The van der Waals surface area contributed by atoms with Crippen molar-refractivity contribution in [2.24, 2.45) is 4.99 Å². The van der Waals surface area contributed by atoms with E-state index < -0.39 is 15.5 Å². The average Bonchev–Trinajstić information content (AvgIpc) is 3.14. The van der Waals surface area contributed by atoms with Crippen LogP contribution in [0.2, 0.25) is 0 Å². The summed E-state index contributed by atoms with van der Waals surface area (Å²) in [7, 11) is -5.23. The van der Waals surface area contributed by atoms with E-state index in [2.05, 4.69) is 20.5 Å². The molecule has 0 aromatic carbocycles. The molecule has 0 bridgehead atoms. The third kappa shape index (κ3) is 6.77. The second kappa shape index (κ2) is 10.6. The van der Waals surface area contributed by atoms with Crippen LogP contribution in [0.1, 0.15) is 45.4 Å². The number of nitrogens with zero attached hydrogens (tertiary/aromatic N) is 3. The van der Waals surface area contributed by atoms with E-state index in [9.17, 15) is 21.6 Å². The number of rotatable bonds is 8. The summed E-state index contributed by atoms with van der Waals surface area (Å²) >= 11 is 0. The maximum atomic E-state index is 12.6. The van der Waals surface area contributed by atoms with Gasteiger partial charge in [0.05, 0.1) is 0 Å². The lowest BCUT2D eigenvalue weighted by atomic mass is 10.1. The maximum absolute atomic E-state index is 12.6. The first-order chi connectivity index (χ1) is 13.2. The Labute approximate surface area is 165 Å². The number of likely N-dealkylation sites (tertiary alicyclic amines) is 1. The number of nitrogens with one attached hydrogen (secondary N) is 2. The predicted octanol–water partition coefficient (Wildman–Crippen LogP) is 1.73. The Kier molecular flexibility index (Phi) is 8.81. The SMILES string of the molecule is CCNC(=NCCCCN1CCCC1)NC1CCN(S(=O)(=O)C(F)(F)F)CC1.